The number of amides is 1. The number of hydrogen-bond donors (Lipinski definition) is 2. The molecule has 0 aliphatic rings. The van der Waals surface area contributed by atoms with Crippen LogP contribution in [0.5, 0.6) is 0 Å². The van der Waals surface area contributed by atoms with Crippen LogP contribution in [0.15, 0.2) is 22.7 Å². The molecule has 0 bridgehead atoms. The molecule has 4 nitrogen and oxygen atoms in total. The first-order chi connectivity index (χ1) is 8.15. The van der Waals surface area contributed by atoms with Crippen LogP contribution in [0, 0.1) is 0 Å². The highest BCUT2D eigenvalue weighted by atomic mass is 79.9. The Kier molecular flexibility index (Phi) is 3.96. The minimum absolute atomic E-state index is 0.264. The molecule has 0 aliphatic heterocycles. The number of benzene rings is 1. The predicted octanol–water partition coefficient (Wildman–Crippen LogP) is 2.74. The third-order valence-corrected chi connectivity index (χ3v) is 3.70. The summed E-state index contributed by atoms with van der Waals surface area (Å²) < 4.78 is 2.19. The van der Waals surface area contributed by atoms with E-state index in [1.54, 1.807) is 11.3 Å². The highest BCUT2D eigenvalue weighted by Gasteiger charge is 2.03. The fourth-order valence-corrected chi connectivity index (χ4v) is 2.88. The first-order valence-electron chi connectivity index (χ1n) is 5.23. The molecule has 90 valence electrons. The molecule has 0 aliphatic carbocycles. The van der Waals surface area contributed by atoms with Crippen LogP contribution in [-0.2, 0) is 4.79 Å². The number of carbonyl (C=O) groups excluding carboxylic acids is 1. The van der Waals surface area contributed by atoms with E-state index in [0.717, 1.165) is 26.2 Å². The van der Waals surface area contributed by atoms with Crippen LogP contribution in [0.3, 0.4) is 0 Å². The van der Waals surface area contributed by atoms with E-state index in [9.17, 15) is 4.79 Å². The van der Waals surface area contributed by atoms with Crippen LogP contribution in [0.1, 0.15) is 12.8 Å². The Hall–Kier alpha value is -1.14. The lowest BCUT2D eigenvalue weighted by Gasteiger charge is -1.99. The number of fused-ring (bicyclic) bond motifs is 1. The number of nitrogens with zero attached hydrogens (tertiary/aromatic N) is 1. The summed E-state index contributed by atoms with van der Waals surface area (Å²) in [7, 11) is 0. The second-order valence-corrected chi connectivity index (χ2v) is 5.57. The molecule has 0 spiro atoms. The molecular weight excluding hydrogens is 302 g/mol. The Bertz CT molecular complexity index is 540. The van der Waals surface area contributed by atoms with Gasteiger partial charge in [-0.2, -0.15) is 0 Å². The molecule has 0 radical (unpaired) electrons. The van der Waals surface area contributed by atoms with E-state index in [-0.39, 0.29) is 5.91 Å². The summed E-state index contributed by atoms with van der Waals surface area (Å²) in [5, 5.41) is 4.07. The maximum atomic E-state index is 10.6. The molecule has 0 atom stereocenters. The highest BCUT2D eigenvalue weighted by molar-refractivity contribution is 9.10. The number of halogens is 1. The number of thiazole rings is 1. The van der Waals surface area contributed by atoms with Crippen molar-refractivity contribution in [1.82, 2.24) is 4.98 Å². The van der Waals surface area contributed by atoms with E-state index in [4.69, 9.17) is 5.73 Å². The number of nitrogens with one attached hydrogen (secondary N) is 1. The fourth-order valence-electron chi connectivity index (χ4n) is 1.43. The number of carbonyl (C=O) groups is 1. The minimum atomic E-state index is -0.264. The van der Waals surface area contributed by atoms with Gasteiger partial charge in [0.1, 0.15) is 0 Å². The van der Waals surface area contributed by atoms with Gasteiger partial charge in [-0.25, -0.2) is 4.98 Å². The van der Waals surface area contributed by atoms with Gasteiger partial charge in [-0.1, -0.05) is 27.3 Å². The minimum Gasteiger partial charge on any atom is -0.370 e. The van der Waals surface area contributed by atoms with Crippen molar-refractivity contribution in [1.29, 1.82) is 0 Å². The molecule has 0 saturated heterocycles. The predicted molar refractivity (Wildman–Crippen MR) is 74.2 cm³/mol. The number of aromatic nitrogens is 1. The van der Waals surface area contributed by atoms with Crippen molar-refractivity contribution in [3.8, 4) is 0 Å². The maximum absolute atomic E-state index is 10.6. The quantitative estimate of drug-likeness (QED) is 0.834. The summed E-state index contributed by atoms with van der Waals surface area (Å²) in [6.07, 6.45) is 1.14. The number of anilines is 1. The highest BCUT2D eigenvalue weighted by Crippen LogP contribution is 2.28. The average Bonchev–Trinajstić information content (AvgIpc) is 2.66. The Morgan fingerprint density at radius 3 is 3.12 bits per heavy atom. The van der Waals surface area contributed by atoms with Crippen molar-refractivity contribution in [2.75, 3.05) is 11.9 Å². The lowest BCUT2D eigenvalue weighted by molar-refractivity contribution is -0.118. The molecule has 6 heteroatoms. The molecule has 1 heterocycles. The zero-order chi connectivity index (χ0) is 12.3. The van der Waals surface area contributed by atoms with Gasteiger partial charge in [-0.3, -0.25) is 4.79 Å². The summed E-state index contributed by atoms with van der Waals surface area (Å²) in [5.74, 6) is -0.264. The lowest BCUT2D eigenvalue weighted by Crippen LogP contribution is -2.12. The van der Waals surface area contributed by atoms with Gasteiger partial charge in [0.05, 0.1) is 10.2 Å². The van der Waals surface area contributed by atoms with Crippen LogP contribution in [0.4, 0.5) is 5.13 Å². The van der Waals surface area contributed by atoms with E-state index in [0.29, 0.717) is 13.0 Å². The third kappa shape index (κ3) is 3.41. The van der Waals surface area contributed by atoms with Crippen LogP contribution in [0.2, 0.25) is 0 Å². The second-order valence-electron chi connectivity index (χ2n) is 3.63. The third-order valence-electron chi connectivity index (χ3n) is 2.23. The van der Waals surface area contributed by atoms with Crippen molar-refractivity contribution in [3.05, 3.63) is 22.7 Å². The zero-order valence-electron chi connectivity index (χ0n) is 9.07. The molecule has 0 fully saturated rings. The summed E-state index contributed by atoms with van der Waals surface area (Å²) in [5.41, 5.74) is 6.05. The Labute approximate surface area is 111 Å². The van der Waals surface area contributed by atoms with Crippen LogP contribution < -0.4 is 11.1 Å². The average molecular weight is 314 g/mol. The van der Waals surface area contributed by atoms with Crippen LogP contribution in [-0.4, -0.2) is 17.4 Å². The topological polar surface area (TPSA) is 68.0 Å². The van der Waals surface area contributed by atoms with Crippen molar-refractivity contribution in [3.63, 3.8) is 0 Å². The van der Waals surface area contributed by atoms with Gasteiger partial charge < -0.3 is 11.1 Å². The zero-order valence-corrected chi connectivity index (χ0v) is 11.5. The SMILES string of the molecule is NC(=O)CCCNc1nc2ccc(Br)cc2s1. The first-order valence-corrected chi connectivity index (χ1v) is 6.84. The van der Waals surface area contributed by atoms with Gasteiger partial charge in [-0.15, -0.1) is 0 Å². The summed E-state index contributed by atoms with van der Waals surface area (Å²) >= 11 is 5.03. The summed E-state index contributed by atoms with van der Waals surface area (Å²) in [6, 6.07) is 5.99. The fraction of sp³-hybridized carbons (Fsp3) is 0.273. The summed E-state index contributed by atoms with van der Waals surface area (Å²) in [4.78, 5) is 15.0. The first kappa shape index (κ1) is 12.3. The van der Waals surface area contributed by atoms with Gasteiger partial charge in [0.25, 0.3) is 0 Å². The standard InChI is InChI=1S/C11H12BrN3OS/c12-7-3-4-8-9(6-7)17-11(15-8)14-5-1-2-10(13)16/h3-4,6H,1-2,5H2,(H2,13,16)(H,14,15). The Balaban J connectivity index is 1.97. The number of rotatable bonds is 5. The van der Waals surface area contributed by atoms with Crippen LogP contribution in [0.25, 0.3) is 10.2 Å². The molecular formula is C11H12BrN3OS. The van der Waals surface area contributed by atoms with Gasteiger partial charge in [0, 0.05) is 17.4 Å². The molecule has 1 aromatic carbocycles. The molecule has 1 aromatic heterocycles. The monoisotopic (exact) mass is 313 g/mol. The van der Waals surface area contributed by atoms with E-state index < -0.39 is 0 Å². The number of primary amides is 1. The molecule has 3 N–H and O–H groups in total. The number of hydrogen-bond acceptors (Lipinski definition) is 4. The van der Waals surface area contributed by atoms with Crippen molar-refractivity contribution >= 4 is 48.5 Å². The smallest absolute Gasteiger partial charge is 0.217 e. The lowest BCUT2D eigenvalue weighted by atomic mass is 10.3. The van der Waals surface area contributed by atoms with Gasteiger partial charge in [-0.05, 0) is 24.6 Å². The summed E-state index contributed by atoms with van der Waals surface area (Å²) in [6.45, 7) is 0.712. The Morgan fingerprint density at radius 1 is 1.53 bits per heavy atom. The molecule has 0 unspecified atom stereocenters. The maximum Gasteiger partial charge on any atom is 0.217 e. The van der Waals surface area contributed by atoms with Crippen molar-refractivity contribution in [2.45, 2.75) is 12.8 Å². The molecule has 2 rings (SSSR count). The molecule has 1 amide bonds. The largest absolute Gasteiger partial charge is 0.370 e. The van der Waals surface area contributed by atoms with Gasteiger partial charge in [0.15, 0.2) is 5.13 Å². The van der Waals surface area contributed by atoms with Gasteiger partial charge in [0.2, 0.25) is 5.91 Å². The van der Waals surface area contributed by atoms with Crippen LogP contribution >= 0.6 is 27.3 Å². The molecule has 0 saturated carbocycles. The molecule has 2 aromatic rings. The van der Waals surface area contributed by atoms with Crippen molar-refractivity contribution in [2.24, 2.45) is 5.73 Å². The van der Waals surface area contributed by atoms with E-state index >= 15 is 0 Å². The van der Waals surface area contributed by atoms with Crippen molar-refractivity contribution < 1.29 is 4.79 Å². The Morgan fingerprint density at radius 2 is 2.35 bits per heavy atom. The number of nitrogens with two attached hydrogens (primary N) is 1. The van der Waals surface area contributed by atoms with E-state index in [2.05, 4.69) is 26.2 Å². The van der Waals surface area contributed by atoms with E-state index in [1.807, 2.05) is 18.2 Å². The molecule has 17 heavy (non-hydrogen) atoms. The van der Waals surface area contributed by atoms with Gasteiger partial charge >= 0.3 is 0 Å². The normalized spacial score (nSPS) is 10.6. The van der Waals surface area contributed by atoms with E-state index in [1.165, 1.54) is 0 Å². The second kappa shape index (κ2) is 5.46.